The fourth-order valence-electron chi connectivity index (χ4n) is 2.51. The number of rotatable bonds is 9. The molecule has 140 valence electrons. The first-order chi connectivity index (χ1) is 12.5. The molecular formula is C20H23Cl2NO3. The summed E-state index contributed by atoms with van der Waals surface area (Å²) in [6.45, 7) is 5.23. The van der Waals surface area contributed by atoms with Crippen LogP contribution in [0.25, 0.3) is 0 Å². The molecule has 0 amide bonds. The maximum atomic E-state index is 11.7. The number of nitrogens with one attached hydrogen (secondary N) is 1. The van der Waals surface area contributed by atoms with Crippen molar-refractivity contribution in [3.05, 3.63) is 63.6 Å². The summed E-state index contributed by atoms with van der Waals surface area (Å²) in [6, 6.07) is 13.4. The molecule has 0 bridgehead atoms. The Kier molecular flexibility index (Phi) is 8.23. The number of anilines is 1. The summed E-state index contributed by atoms with van der Waals surface area (Å²) in [7, 11) is 0. The van der Waals surface area contributed by atoms with Crippen molar-refractivity contribution in [1.82, 2.24) is 0 Å². The summed E-state index contributed by atoms with van der Waals surface area (Å²) < 4.78 is 10.7. The van der Waals surface area contributed by atoms with Crippen molar-refractivity contribution < 1.29 is 14.3 Å². The topological polar surface area (TPSA) is 47.6 Å². The minimum absolute atomic E-state index is 0.206. The average molecular weight is 396 g/mol. The van der Waals surface area contributed by atoms with E-state index in [1.54, 1.807) is 13.0 Å². The Bertz CT molecular complexity index is 719. The van der Waals surface area contributed by atoms with Crippen molar-refractivity contribution in [2.75, 3.05) is 18.5 Å². The van der Waals surface area contributed by atoms with Crippen LogP contribution >= 0.6 is 23.2 Å². The van der Waals surface area contributed by atoms with Crippen molar-refractivity contribution in [3.8, 4) is 0 Å². The van der Waals surface area contributed by atoms with Gasteiger partial charge in [0.1, 0.15) is 0 Å². The molecule has 1 atom stereocenters. The molecule has 0 heterocycles. The molecule has 0 saturated carbocycles. The molecule has 1 N–H and O–H groups in total. The minimum Gasteiger partial charge on any atom is -0.466 e. The van der Waals surface area contributed by atoms with Crippen LogP contribution in [-0.4, -0.2) is 19.2 Å². The highest BCUT2D eigenvalue weighted by Gasteiger charge is 2.17. The maximum Gasteiger partial charge on any atom is 0.308 e. The summed E-state index contributed by atoms with van der Waals surface area (Å²) in [4.78, 5) is 11.7. The summed E-state index contributed by atoms with van der Waals surface area (Å²) in [5.74, 6) is -0.257. The van der Waals surface area contributed by atoms with Gasteiger partial charge in [0.25, 0.3) is 0 Å². The lowest BCUT2D eigenvalue weighted by molar-refractivity contribution is -0.146. The molecule has 26 heavy (non-hydrogen) atoms. The molecule has 0 saturated heterocycles. The fraction of sp³-hybridized carbons (Fsp3) is 0.350. The van der Waals surface area contributed by atoms with E-state index in [0.717, 1.165) is 16.8 Å². The van der Waals surface area contributed by atoms with Crippen molar-refractivity contribution in [2.24, 2.45) is 0 Å². The van der Waals surface area contributed by atoms with E-state index < -0.39 is 0 Å². The molecular weight excluding hydrogens is 373 g/mol. The Hall–Kier alpha value is -1.75. The first-order valence-corrected chi connectivity index (χ1v) is 9.34. The number of ether oxygens (including phenoxy) is 2. The third-order valence-corrected chi connectivity index (χ3v) is 4.53. The SMILES string of the molecule is CCOC(=O)CC(OCC)c1ccc(NCc2ccc(Cl)c(Cl)c2)cc1. The van der Waals surface area contributed by atoms with Gasteiger partial charge in [0.15, 0.2) is 0 Å². The normalized spacial score (nSPS) is 11.8. The van der Waals surface area contributed by atoms with Crippen LogP contribution in [0.4, 0.5) is 5.69 Å². The molecule has 0 aromatic heterocycles. The molecule has 0 radical (unpaired) electrons. The van der Waals surface area contributed by atoms with Crippen molar-refractivity contribution in [1.29, 1.82) is 0 Å². The van der Waals surface area contributed by atoms with Gasteiger partial charge in [-0.3, -0.25) is 4.79 Å². The third-order valence-electron chi connectivity index (χ3n) is 3.79. The zero-order chi connectivity index (χ0) is 18.9. The number of esters is 1. The predicted octanol–water partition coefficient (Wildman–Crippen LogP) is 5.64. The highest BCUT2D eigenvalue weighted by atomic mass is 35.5. The van der Waals surface area contributed by atoms with Gasteiger partial charge in [-0.25, -0.2) is 0 Å². The number of carbonyl (C=O) groups is 1. The van der Waals surface area contributed by atoms with Crippen molar-refractivity contribution in [3.63, 3.8) is 0 Å². The quantitative estimate of drug-likeness (QED) is 0.558. The molecule has 0 aliphatic rings. The van der Waals surface area contributed by atoms with Gasteiger partial charge in [-0.15, -0.1) is 0 Å². The van der Waals surface area contributed by atoms with Crippen LogP contribution < -0.4 is 5.32 Å². The van der Waals surface area contributed by atoms with E-state index in [1.165, 1.54) is 0 Å². The fourth-order valence-corrected chi connectivity index (χ4v) is 2.84. The Morgan fingerprint density at radius 2 is 1.77 bits per heavy atom. The van der Waals surface area contributed by atoms with Crippen LogP contribution in [0.1, 0.15) is 37.5 Å². The molecule has 2 rings (SSSR count). The van der Waals surface area contributed by atoms with Gasteiger partial charge in [0.2, 0.25) is 0 Å². The van der Waals surface area contributed by atoms with Gasteiger partial charge in [-0.1, -0.05) is 41.4 Å². The number of hydrogen-bond donors (Lipinski definition) is 1. The van der Waals surface area contributed by atoms with Crippen molar-refractivity contribution >= 4 is 34.9 Å². The largest absolute Gasteiger partial charge is 0.466 e. The standard InChI is InChI=1S/C20H23Cl2NO3/c1-3-25-19(12-20(24)26-4-2)15-6-8-16(9-7-15)23-13-14-5-10-17(21)18(22)11-14/h5-11,19,23H,3-4,12-13H2,1-2H3. The average Bonchev–Trinajstić information content (AvgIpc) is 2.63. The summed E-state index contributed by atoms with van der Waals surface area (Å²) in [5, 5.41) is 4.42. The van der Waals surface area contributed by atoms with E-state index in [-0.39, 0.29) is 18.5 Å². The Balaban J connectivity index is 1.98. The smallest absolute Gasteiger partial charge is 0.308 e. The third kappa shape index (κ3) is 6.20. The van der Waals surface area contributed by atoms with E-state index in [2.05, 4.69) is 5.32 Å². The van der Waals surface area contributed by atoms with Crippen LogP contribution in [0, 0.1) is 0 Å². The second kappa shape index (κ2) is 10.4. The van der Waals surface area contributed by atoms with Gasteiger partial charge in [0, 0.05) is 18.8 Å². The molecule has 0 spiro atoms. The van der Waals surface area contributed by atoms with E-state index in [4.69, 9.17) is 32.7 Å². The lowest BCUT2D eigenvalue weighted by Crippen LogP contribution is -2.13. The van der Waals surface area contributed by atoms with Gasteiger partial charge in [-0.05, 0) is 49.2 Å². The minimum atomic E-state index is -0.303. The molecule has 6 heteroatoms. The molecule has 0 aliphatic heterocycles. The second-order valence-electron chi connectivity index (χ2n) is 5.68. The first-order valence-electron chi connectivity index (χ1n) is 8.58. The van der Waals surface area contributed by atoms with Gasteiger partial charge < -0.3 is 14.8 Å². The van der Waals surface area contributed by atoms with Crippen LogP contribution in [0.5, 0.6) is 0 Å². The lowest BCUT2D eigenvalue weighted by atomic mass is 10.1. The monoisotopic (exact) mass is 395 g/mol. The van der Waals surface area contributed by atoms with Gasteiger partial charge in [-0.2, -0.15) is 0 Å². The summed E-state index contributed by atoms with van der Waals surface area (Å²) >= 11 is 12.0. The number of hydrogen-bond acceptors (Lipinski definition) is 4. The van der Waals surface area contributed by atoms with E-state index >= 15 is 0 Å². The van der Waals surface area contributed by atoms with E-state index in [0.29, 0.717) is 29.8 Å². The number of benzene rings is 2. The van der Waals surface area contributed by atoms with Crippen LogP contribution in [0.2, 0.25) is 10.0 Å². The molecule has 4 nitrogen and oxygen atoms in total. The van der Waals surface area contributed by atoms with Gasteiger partial charge >= 0.3 is 5.97 Å². The molecule has 2 aromatic carbocycles. The second-order valence-corrected chi connectivity index (χ2v) is 6.49. The Morgan fingerprint density at radius 3 is 2.38 bits per heavy atom. The zero-order valence-electron chi connectivity index (χ0n) is 14.9. The highest BCUT2D eigenvalue weighted by Crippen LogP contribution is 2.25. The lowest BCUT2D eigenvalue weighted by Gasteiger charge is -2.17. The van der Waals surface area contributed by atoms with Crippen LogP contribution in [0.3, 0.4) is 0 Å². The summed E-state index contributed by atoms with van der Waals surface area (Å²) in [5.41, 5.74) is 2.95. The number of halogens is 2. The van der Waals surface area contributed by atoms with Crippen LogP contribution in [-0.2, 0) is 20.8 Å². The Morgan fingerprint density at radius 1 is 1.04 bits per heavy atom. The van der Waals surface area contributed by atoms with Crippen LogP contribution in [0.15, 0.2) is 42.5 Å². The Labute approximate surface area is 164 Å². The predicted molar refractivity (Wildman–Crippen MR) is 106 cm³/mol. The maximum absolute atomic E-state index is 11.7. The van der Waals surface area contributed by atoms with Crippen molar-refractivity contribution in [2.45, 2.75) is 32.9 Å². The molecule has 0 aliphatic carbocycles. The zero-order valence-corrected chi connectivity index (χ0v) is 16.4. The first kappa shape index (κ1) is 20.6. The highest BCUT2D eigenvalue weighted by molar-refractivity contribution is 6.42. The number of carbonyl (C=O) groups excluding carboxylic acids is 1. The molecule has 0 fully saturated rings. The molecule has 1 unspecified atom stereocenters. The molecule has 2 aromatic rings. The van der Waals surface area contributed by atoms with E-state index in [1.807, 2.05) is 43.3 Å². The summed E-state index contributed by atoms with van der Waals surface area (Å²) in [6.07, 6.45) is -0.0965. The van der Waals surface area contributed by atoms with Gasteiger partial charge in [0.05, 0.1) is 29.2 Å². The van der Waals surface area contributed by atoms with E-state index in [9.17, 15) is 4.79 Å².